The maximum absolute atomic E-state index is 12.8. The van der Waals surface area contributed by atoms with Gasteiger partial charge in [0.15, 0.2) is 0 Å². The van der Waals surface area contributed by atoms with Crippen molar-refractivity contribution >= 4 is 28.6 Å². The summed E-state index contributed by atoms with van der Waals surface area (Å²) in [6, 6.07) is 14.1. The predicted molar refractivity (Wildman–Crippen MR) is 96.9 cm³/mol. The van der Waals surface area contributed by atoms with Crippen molar-refractivity contribution in [3.63, 3.8) is 0 Å². The zero-order valence-electron chi connectivity index (χ0n) is 12.9. The number of carbonyl (C=O) groups is 1. The molecule has 0 saturated carbocycles. The second-order valence-electron chi connectivity index (χ2n) is 5.23. The first kappa shape index (κ1) is 15.9. The molecule has 0 aliphatic carbocycles. The van der Waals surface area contributed by atoms with E-state index in [0.717, 1.165) is 28.4 Å². The van der Waals surface area contributed by atoms with E-state index < -0.39 is 0 Å². The number of carbonyl (C=O) groups excluding carboxylic acids is 1. The minimum atomic E-state index is 0.00904. The van der Waals surface area contributed by atoms with Crippen LogP contribution in [0.1, 0.15) is 29.4 Å². The molecule has 0 saturated heterocycles. The summed E-state index contributed by atoms with van der Waals surface area (Å²) in [5.74, 6) is 0.00904. The molecule has 0 aliphatic heterocycles. The summed E-state index contributed by atoms with van der Waals surface area (Å²) in [5.41, 5.74) is 1.69. The molecule has 3 aromatic rings. The summed E-state index contributed by atoms with van der Waals surface area (Å²) >= 11 is 3.17. The molecular weight excluding hydrogens is 324 g/mol. The third-order valence-corrected chi connectivity index (χ3v) is 5.33. The van der Waals surface area contributed by atoms with E-state index in [1.807, 2.05) is 58.1 Å². The number of thiophene rings is 1. The van der Waals surface area contributed by atoms with Crippen molar-refractivity contribution in [2.45, 2.75) is 19.9 Å². The Morgan fingerprint density at radius 1 is 1.13 bits per heavy atom. The molecule has 2 heterocycles. The number of nitrogens with zero attached hydrogens (tertiary/aromatic N) is 2. The average molecular weight is 342 g/mol. The van der Waals surface area contributed by atoms with Crippen LogP contribution in [0.2, 0.25) is 0 Å². The molecule has 0 aliphatic rings. The van der Waals surface area contributed by atoms with Crippen LogP contribution in [0, 0.1) is 0 Å². The van der Waals surface area contributed by atoms with E-state index in [1.54, 1.807) is 11.3 Å². The zero-order chi connectivity index (χ0) is 16.1. The zero-order valence-corrected chi connectivity index (χ0v) is 14.6. The third kappa shape index (κ3) is 3.86. The first-order valence-corrected chi connectivity index (χ1v) is 9.36. The Morgan fingerprint density at radius 2 is 1.96 bits per heavy atom. The minimum absolute atomic E-state index is 0.00904. The van der Waals surface area contributed by atoms with Crippen LogP contribution in [0.3, 0.4) is 0 Å². The maximum atomic E-state index is 12.8. The van der Waals surface area contributed by atoms with Gasteiger partial charge in [-0.15, -0.1) is 22.7 Å². The van der Waals surface area contributed by atoms with E-state index in [9.17, 15) is 4.79 Å². The molecule has 0 spiro atoms. The van der Waals surface area contributed by atoms with Crippen molar-refractivity contribution in [2.24, 2.45) is 0 Å². The molecule has 0 unspecified atom stereocenters. The lowest BCUT2D eigenvalue weighted by atomic mass is 10.2. The van der Waals surface area contributed by atoms with E-state index in [0.29, 0.717) is 12.2 Å². The number of hydrogen-bond acceptors (Lipinski definition) is 4. The molecule has 0 bridgehead atoms. The van der Waals surface area contributed by atoms with Crippen LogP contribution in [0.15, 0.2) is 53.2 Å². The smallest absolute Gasteiger partial charge is 0.273 e. The lowest BCUT2D eigenvalue weighted by Crippen LogP contribution is -2.31. The van der Waals surface area contributed by atoms with Crippen LogP contribution in [0.25, 0.3) is 9.88 Å². The second kappa shape index (κ2) is 7.53. The van der Waals surface area contributed by atoms with Crippen LogP contribution in [0.4, 0.5) is 0 Å². The summed E-state index contributed by atoms with van der Waals surface area (Å²) in [6.07, 6.45) is 0.931. The van der Waals surface area contributed by atoms with Gasteiger partial charge >= 0.3 is 0 Å². The van der Waals surface area contributed by atoms with Crippen molar-refractivity contribution < 1.29 is 4.79 Å². The second-order valence-corrected chi connectivity index (χ2v) is 7.03. The van der Waals surface area contributed by atoms with Gasteiger partial charge in [0.25, 0.3) is 5.91 Å². The quantitative estimate of drug-likeness (QED) is 0.637. The van der Waals surface area contributed by atoms with Crippen LogP contribution in [-0.4, -0.2) is 22.3 Å². The highest BCUT2D eigenvalue weighted by atomic mass is 32.1. The van der Waals surface area contributed by atoms with E-state index in [4.69, 9.17) is 0 Å². The summed E-state index contributed by atoms with van der Waals surface area (Å²) in [6.45, 7) is 3.45. The average Bonchev–Trinajstić information content (AvgIpc) is 3.26. The Morgan fingerprint density at radius 3 is 2.65 bits per heavy atom. The van der Waals surface area contributed by atoms with Gasteiger partial charge in [-0.3, -0.25) is 4.79 Å². The van der Waals surface area contributed by atoms with E-state index in [-0.39, 0.29) is 5.91 Å². The number of thiazole rings is 1. The Balaban J connectivity index is 1.78. The van der Waals surface area contributed by atoms with Gasteiger partial charge in [0.1, 0.15) is 10.7 Å². The molecule has 3 rings (SSSR count). The molecule has 1 aromatic carbocycles. The van der Waals surface area contributed by atoms with Crippen LogP contribution in [-0.2, 0) is 6.54 Å². The Kier molecular flexibility index (Phi) is 5.20. The molecule has 0 atom stereocenters. The predicted octanol–water partition coefficient (Wildman–Crippen LogP) is 4.92. The molecule has 5 heteroatoms. The largest absolute Gasteiger partial charge is 0.333 e. The lowest BCUT2D eigenvalue weighted by molar-refractivity contribution is 0.0738. The van der Waals surface area contributed by atoms with Gasteiger partial charge in [0, 0.05) is 18.5 Å². The summed E-state index contributed by atoms with van der Waals surface area (Å²) in [4.78, 5) is 20.3. The van der Waals surface area contributed by atoms with Crippen LogP contribution >= 0.6 is 22.7 Å². The number of amides is 1. The highest BCUT2D eigenvalue weighted by Gasteiger charge is 2.19. The molecule has 2 aromatic heterocycles. The fourth-order valence-corrected chi connectivity index (χ4v) is 3.98. The Labute approximate surface area is 144 Å². The van der Waals surface area contributed by atoms with Gasteiger partial charge in [-0.05, 0) is 23.4 Å². The van der Waals surface area contributed by atoms with Crippen LogP contribution < -0.4 is 0 Å². The normalized spacial score (nSPS) is 10.7. The number of rotatable bonds is 6. The third-order valence-electron chi connectivity index (χ3n) is 3.45. The van der Waals surface area contributed by atoms with Gasteiger partial charge in [0.05, 0.1) is 4.88 Å². The maximum Gasteiger partial charge on any atom is 0.273 e. The minimum Gasteiger partial charge on any atom is -0.333 e. The summed E-state index contributed by atoms with van der Waals surface area (Å²) < 4.78 is 0. The SMILES string of the molecule is CCCN(Cc1ccccc1)C(=O)c1csc(-c2cccs2)n1. The van der Waals surface area contributed by atoms with E-state index >= 15 is 0 Å². The topological polar surface area (TPSA) is 33.2 Å². The molecule has 3 nitrogen and oxygen atoms in total. The highest BCUT2D eigenvalue weighted by molar-refractivity contribution is 7.20. The molecule has 0 N–H and O–H groups in total. The van der Waals surface area contributed by atoms with Gasteiger partial charge in [-0.1, -0.05) is 43.3 Å². The van der Waals surface area contributed by atoms with Gasteiger partial charge in [0.2, 0.25) is 0 Å². The molecule has 118 valence electrons. The molecule has 0 radical (unpaired) electrons. The molecular formula is C18H18N2OS2. The fourth-order valence-electron chi connectivity index (χ4n) is 2.37. The highest BCUT2D eigenvalue weighted by Crippen LogP contribution is 2.28. The van der Waals surface area contributed by atoms with Gasteiger partial charge in [-0.2, -0.15) is 0 Å². The van der Waals surface area contributed by atoms with Crippen molar-refractivity contribution in [3.8, 4) is 9.88 Å². The van der Waals surface area contributed by atoms with Crippen molar-refractivity contribution in [3.05, 3.63) is 64.5 Å². The first-order chi connectivity index (χ1) is 11.3. The molecule has 23 heavy (non-hydrogen) atoms. The van der Waals surface area contributed by atoms with Gasteiger partial charge in [-0.25, -0.2) is 4.98 Å². The monoisotopic (exact) mass is 342 g/mol. The summed E-state index contributed by atoms with van der Waals surface area (Å²) in [5, 5.41) is 4.81. The molecule has 0 fully saturated rings. The lowest BCUT2D eigenvalue weighted by Gasteiger charge is -2.21. The first-order valence-electron chi connectivity index (χ1n) is 7.60. The molecule has 1 amide bonds. The van der Waals surface area contributed by atoms with Crippen molar-refractivity contribution in [1.29, 1.82) is 0 Å². The number of benzene rings is 1. The fraction of sp³-hybridized carbons (Fsp3) is 0.222. The Hall–Kier alpha value is -1.98. The standard InChI is InChI=1S/C18H18N2OS2/c1-2-10-20(12-14-7-4-3-5-8-14)18(21)15-13-23-17(19-15)16-9-6-11-22-16/h3-9,11,13H,2,10,12H2,1H3. The van der Waals surface area contributed by atoms with Crippen molar-refractivity contribution in [1.82, 2.24) is 9.88 Å². The summed E-state index contributed by atoms with van der Waals surface area (Å²) in [7, 11) is 0. The van der Waals surface area contributed by atoms with E-state index in [1.165, 1.54) is 11.3 Å². The number of aromatic nitrogens is 1. The van der Waals surface area contributed by atoms with Gasteiger partial charge < -0.3 is 4.90 Å². The number of hydrogen-bond donors (Lipinski definition) is 0. The van der Waals surface area contributed by atoms with Crippen molar-refractivity contribution in [2.75, 3.05) is 6.54 Å². The van der Waals surface area contributed by atoms with Crippen LogP contribution in [0.5, 0.6) is 0 Å². The Bertz CT molecular complexity index is 750. The van der Waals surface area contributed by atoms with E-state index in [2.05, 4.69) is 11.9 Å².